The molecule has 0 amide bonds. The maximum atomic E-state index is 11.9. The standard InChI is InChI=1S/C31H56BNO4Si/c1-12-14-15-18-31(34,13-2)24-20-25(32-36-29(6,7)30(8,9)37-32)22-27(21-24)33-19-16-17-26(33)23-35-38(10,11)28(3,4)5/h20-22,26,34H,12-19,23H2,1-11H3/t26?,31-/m0/s1. The molecular weight excluding hydrogens is 489 g/mol. The highest BCUT2D eigenvalue weighted by atomic mass is 28.4. The summed E-state index contributed by atoms with van der Waals surface area (Å²) in [6.45, 7) is 26.0. The highest BCUT2D eigenvalue weighted by Crippen LogP contribution is 2.40. The second kappa shape index (κ2) is 11.6. The van der Waals surface area contributed by atoms with Crippen molar-refractivity contribution in [1.82, 2.24) is 0 Å². The van der Waals surface area contributed by atoms with Crippen molar-refractivity contribution < 1.29 is 18.8 Å². The van der Waals surface area contributed by atoms with Crippen molar-refractivity contribution in [2.24, 2.45) is 0 Å². The van der Waals surface area contributed by atoms with Crippen LogP contribution in [0.25, 0.3) is 0 Å². The Hall–Kier alpha value is -0.858. The molecule has 1 aromatic carbocycles. The highest BCUT2D eigenvalue weighted by molar-refractivity contribution is 6.74. The van der Waals surface area contributed by atoms with Crippen molar-refractivity contribution in [3.05, 3.63) is 23.8 Å². The van der Waals surface area contributed by atoms with Crippen LogP contribution in [0.5, 0.6) is 0 Å². The van der Waals surface area contributed by atoms with E-state index in [2.05, 4.69) is 98.5 Å². The van der Waals surface area contributed by atoms with Gasteiger partial charge in [-0.25, -0.2) is 0 Å². The summed E-state index contributed by atoms with van der Waals surface area (Å²) < 4.78 is 19.7. The zero-order chi connectivity index (χ0) is 28.6. The zero-order valence-corrected chi connectivity index (χ0v) is 27.4. The largest absolute Gasteiger partial charge is 0.494 e. The molecule has 2 aliphatic rings. The van der Waals surface area contributed by atoms with E-state index < -0.39 is 32.2 Å². The lowest BCUT2D eigenvalue weighted by Crippen LogP contribution is -2.45. The number of anilines is 1. The van der Waals surface area contributed by atoms with Crippen molar-refractivity contribution in [3.63, 3.8) is 0 Å². The number of rotatable bonds is 11. The molecule has 5 nitrogen and oxygen atoms in total. The summed E-state index contributed by atoms with van der Waals surface area (Å²) >= 11 is 0. The molecule has 0 saturated carbocycles. The van der Waals surface area contributed by atoms with Crippen molar-refractivity contribution in [1.29, 1.82) is 0 Å². The molecular formula is C31H56BNO4Si. The van der Waals surface area contributed by atoms with Crippen LogP contribution in [-0.4, -0.2) is 50.9 Å². The third kappa shape index (κ3) is 6.71. The first kappa shape index (κ1) is 31.7. The Kier molecular flexibility index (Phi) is 9.63. The summed E-state index contributed by atoms with van der Waals surface area (Å²) in [6, 6.07) is 6.94. The molecule has 2 aliphatic heterocycles. The molecule has 2 fully saturated rings. The van der Waals surface area contributed by atoms with Gasteiger partial charge >= 0.3 is 7.12 Å². The monoisotopic (exact) mass is 545 g/mol. The molecule has 2 saturated heterocycles. The first-order chi connectivity index (χ1) is 17.5. The first-order valence-corrected chi connectivity index (χ1v) is 18.0. The Balaban J connectivity index is 1.98. The normalized spacial score (nSPS) is 23.2. The van der Waals surface area contributed by atoms with Crippen LogP contribution in [0.15, 0.2) is 18.2 Å². The molecule has 7 heteroatoms. The summed E-state index contributed by atoms with van der Waals surface area (Å²) in [6.07, 6.45) is 7.01. The molecule has 2 atom stereocenters. The van der Waals surface area contributed by atoms with E-state index in [0.717, 1.165) is 68.4 Å². The van der Waals surface area contributed by atoms with Gasteiger partial charge in [-0.05, 0) is 94.7 Å². The molecule has 2 heterocycles. The van der Waals surface area contributed by atoms with Crippen LogP contribution in [0.4, 0.5) is 5.69 Å². The second-order valence-electron chi connectivity index (χ2n) is 14.3. The molecule has 0 aliphatic carbocycles. The van der Waals surface area contributed by atoms with Crippen LogP contribution in [0, 0.1) is 0 Å². The van der Waals surface area contributed by atoms with Crippen molar-refractivity contribution in [2.45, 2.75) is 148 Å². The Bertz CT molecular complexity index is 928. The van der Waals surface area contributed by atoms with Gasteiger partial charge in [-0.1, -0.05) is 59.9 Å². The van der Waals surface area contributed by atoms with Gasteiger partial charge in [0.2, 0.25) is 0 Å². The van der Waals surface area contributed by atoms with Crippen LogP contribution in [0.2, 0.25) is 18.1 Å². The highest BCUT2D eigenvalue weighted by Gasteiger charge is 2.52. The fourth-order valence-electron chi connectivity index (χ4n) is 5.25. The van der Waals surface area contributed by atoms with Gasteiger partial charge in [0.1, 0.15) is 0 Å². The topological polar surface area (TPSA) is 51.2 Å². The first-order valence-electron chi connectivity index (χ1n) is 15.1. The number of nitrogens with zero attached hydrogens (tertiary/aromatic N) is 1. The number of unbranched alkanes of at least 4 members (excludes halogenated alkanes) is 2. The molecule has 0 bridgehead atoms. The fraction of sp³-hybridized carbons (Fsp3) is 0.806. The van der Waals surface area contributed by atoms with Crippen molar-refractivity contribution in [2.75, 3.05) is 18.1 Å². The van der Waals surface area contributed by atoms with Gasteiger partial charge in [0.15, 0.2) is 8.32 Å². The van der Waals surface area contributed by atoms with Crippen LogP contribution in [0.3, 0.4) is 0 Å². The van der Waals surface area contributed by atoms with Gasteiger partial charge in [0.05, 0.1) is 29.5 Å². The minimum absolute atomic E-state index is 0.191. The van der Waals surface area contributed by atoms with E-state index in [4.69, 9.17) is 13.7 Å². The minimum atomic E-state index is -1.84. The van der Waals surface area contributed by atoms with Crippen LogP contribution < -0.4 is 10.4 Å². The zero-order valence-electron chi connectivity index (χ0n) is 26.4. The molecule has 3 rings (SSSR count). The van der Waals surface area contributed by atoms with E-state index >= 15 is 0 Å². The predicted octanol–water partition coefficient (Wildman–Crippen LogP) is 7.15. The number of aliphatic hydroxyl groups is 1. The van der Waals surface area contributed by atoms with E-state index in [-0.39, 0.29) is 5.04 Å². The molecule has 38 heavy (non-hydrogen) atoms. The Morgan fingerprint density at radius 1 is 1.05 bits per heavy atom. The van der Waals surface area contributed by atoms with Gasteiger partial charge in [-0.3, -0.25) is 0 Å². The van der Waals surface area contributed by atoms with E-state index in [1.807, 2.05) is 0 Å². The maximum Gasteiger partial charge on any atom is 0.494 e. The van der Waals surface area contributed by atoms with E-state index in [0.29, 0.717) is 12.5 Å². The van der Waals surface area contributed by atoms with E-state index in [1.54, 1.807) is 0 Å². The third-order valence-corrected chi connectivity index (χ3v) is 14.4. The smallest absolute Gasteiger partial charge is 0.415 e. The van der Waals surface area contributed by atoms with Gasteiger partial charge < -0.3 is 23.7 Å². The maximum absolute atomic E-state index is 11.9. The number of hydrogen-bond acceptors (Lipinski definition) is 5. The summed E-state index contributed by atoms with van der Waals surface area (Å²) in [5.74, 6) is 0. The Morgan fingerprint density at radius 2 is 1.68 bits per heavy atom. The molecule has 0 spiro atoms. The van der Waals surface area contributed by atoms with Gasteiger partial charge in [-0.15, -0.1) is 0 Å². The lowest BCUT2D eigenvalue weighted by atomic mass is 9.75. The summed E-state index contributed by atoms with van der Waals surface area (Å²) in [5.41, 5.74) is 1.43. The Labute approximate surface area is 235 Å². The average Bonchev–Trinajstić information content (AvgIpc) is 3.38. The van der Waals surface area contributed by atoms with Gasteiger partial charge in [0, 0.05) is 12.2 Å². The Morgan fingerprint density at radius 3 is 2.24 bits per heavy atom. The molecule has 1 unspecified atom stereocenters. The van der Waals surface area contributed by atoms with Gasteiger partial charge in [-0.2, -0.15) is 0 Å². The summed E-state index contributed by atoms with van der Waals surface area (Å²) in [4.78, 5) is 2.51. The molecule has 216 valence electrons. The molecule has 1 aromatic rings. The molecule has 1 N–H and O–H groups in total. The number of hydrogen-bond donors (Lipinski definition) is 1. The predicted molar refractivity (Wildman–Crippen MR) is 164 cm³/mol. The van der Waals surface area contributed by atoms with E-state index in [1.165, 1.54) is 0 Å². The fourth-order valence-corrected chi connectivity index (χ4v) is 6.29. The van der Waals surface area contributed by atoms with Crippen LogP contribution in [0.1, 0.15) is 113 Å². The van der Waals surface area contributed by atoms with Crippen molar-refractivity contribution >= 4 is 26.6 Å². The summed E-state index contributed by atoms with van der Waals surface area (Å²) in [7, 11) is -2.30. The van der Waals surface area contributed by atoms with E-state index in [9.17, 15) is 5.11 Å². The minimum Gasteiger partial charge on any atom is -0.415 e. The van der Waals surface area contributed by atoms with Crippen LogP contribution in [-0.2, 0) is 19.3 Å². The van der Waals surface area contributed by atoms with Crippen molar-refractivity contribution in [3.8, 4) is 0 Å². The lowest BCUT2D eigenvalue weighted by Gasteiger charge is -2.38. The van der Waals surface area contributed by atoms with Crippen LogP contribution >= 0.6 is 0 Å². The molecule has 0 aromatic heterocycles. The lowest BCUT2D eigenvalue weighted by molar-refractivity contribution is 0.00578. The average molecular weight is 546 g/mol. The number of benzene rings is 1. The van der Waals surface area contributed by atoms with Gasteiger partial charge in [0.25, 0.3) is 0 Å². The third-order valence-electron chi connectivity index (χ3n) is 9.93. The quantitative estimate of drug-likeness (QED) is 0.236. The second-order valence-corrected chi connectivity index (χ2v) is 19.1. The molecule has 0 radical (unpaired) electrons. The SMILES string of the molecule is CCCCC[C@@](O)(CC)c1cc(B2OC(C)(C)C(C)(C)O2)cc(N2CCCC2CO[Si](C)(C)C(C)(C)C)c1. The summed E-state index contributed by atoms with van der Waals surface area (Å²) in [5, 5.41) is 12.1.